The Bertz CT molecular complexity index is 323. The monoisotopic (exact) mass is 315 g/mol. The zero-order valence-electron chi connectivity index (χ0n) is 14.6. The van der Waals surface area contributed by atoms with Gasteiger partial charge in [-0.3, -0.25) is 4.79 Å². The molecular weight excluding hydrogens is 282 g/mol. The fourth-order valence-electron chi connectivity index (χ4n) is 2.28. The van der Waals surface area contributed by atoms with E-state index in [0.29, 0.717) is 6.54 Å². The normalized spacial score (nSPS) is 12.7. The number of alkyl carbamates (subject to hydrolysis) is 1. The second-order valence-electron chi connectivity index (χ2n) is 6.90. The Kier molecular flexibility index (Phi) is 10.7. The van der Waals surface area contributed by atoms with Gasteiger partial charge in [-0.25, -0.2) is 4.79 Å². The lowest BCUT2D eigenvalue weighted by molar-refractivity contribution is -0.138. The molecular formula is C17H33NO4. The molecule has 0 aliphatic rings. The zero-order valence-corrected chi connectivity index (χ0v) is 14.6. The Labute approximate surface area is 134 Å². The van der Waals surface area contributed by atoms with E-state index in [1.54, 1.807) is 20.8 Å². The summed E-state index contributed by atoms with van der Waals surface area (Å²) in [5.74, 6) is -0.849. The first-order valence-electron chi connectivity index (χ1n) is 8.43. The molecule has 0 aromatic carbocycles. The van der Waals surface area contributed by atoms with Gasteiger partial charge in [0.2, 0.25) is 0 Å². The van der Waals surface area contributed by atoms with Crippen molar-refractivity contribution in [2.45, 2.75) is 84.7 Å². The Morgan fingerprint density at radius 1 is 1.09 bits per heavy atom. The average Bonchev–Trinajstić information content (AvgIpc) is 2.37. The number of amides is 1. The lowest BCUT2D eigenvalue weighted by Gasteiger charge is -2.21. The van der Waals surface area contributed by atoms with Crippen LogP contribution < -0.4 is 5.32 Å². The highest BCUT2D eigenvalue weighted by molar-refractivity contribution is 5.68. The minimum absolute atomic E-state index is 0.0313. The van der Waals surface area contributed by atoms with E-state index >= 15 is 0 Å². The summed E-state index contributed by atoms with van der Waals surface area (Å²) in [6, 6.07) is 0. The van der Waals surface area contributed by atoms with Gasteiger partial charge < -0.3 is 15.2 Å². The summed E-state index contributed by atoms with van der Waals surface area (Å²) in [7, 11) is 0. The van der Waals surface area contributed by atoms with E-state index in [1.165, 1.54) is 25.7 Å². The minimum Gasteiger partial charge on any atom is -0.481 e. The molecule has 130 valence electrons. The van der Waals surface area contributed by atoms with Crippen molar-refractivity contribution in [2.24, 2.45) is 5.92 Å². The summed E-state index contributed by atoms with van der Waals surface area (Å²) >= 11 is 0. The Morgan fingerprint density at radius 3 is 2.23 bits per heavy atom. The first kappa shape index (κ1) is 20.7. The maximum atomic E-state index is 11.6. The van der Waals surface area contributed by atoms with Crippen LogP contribution in [0.1, 0.15) is 79.1 Å². The molecule has 0 rings (SSSR count). The van der Waals surface area contributed by atoms with Crippen molar-refractivity contribution in [2.75, 3.05) is 6.54 Å². The fraction of sp³-hybridized carbons (Fsp3) is 0.882. The summed E-state index contributed by atoms with van der Waals surface area (Å²) in [5, 5.41) is 11.6. The molecule has 0 aromatic heterocycles. The van der Waals surface area contributed by atoms with E-state index in [0.717, 1.165) is 19.3 Å². The standard InChI is InChI=1S/C17H33NO4/c1-5-6-7-8-9-10-11-14(12-15(19)20)13-18-16(21)22-17(2,3)4/h14H,5-13H2,1-4H3,(H,18,21)(H,19,20). The highest BCUT2D eigenvalue weighted by Crippen LogP contribution is 2.15. The molecule has 1 unspecified atom stereocenters. The minimum atomic E-state index is -0.818. The van der Waals surface area contributed by atoms with Gasteiger partial charge in [-0.1, -0.05) is 45.4 Å². The van der Waals surface area contributed by atoms with Crippen LogP contribution >= 0.6 is 0 Å². The molecule has 0 bridgehead atoms. The highest BCUT2D eigenvalue weighted by atomic mass is 16.6. The van der Waals surface area contributed by atoms with Gasteiger partial charge in [0.15, 0.2) is 0 Å². The maximum absolute atomic E-state index is 11.6. The lowest BCUT2D eigenvalue weighted by atomic mass is 9.97. The van der Waals surface area contributed by atoms with Crippen LogP contribution in [-0.4, -0.2) is 29.3 Å². The number of hydrogen-bond donors (Lipinski definition) is 2. The van der Waals surface area contributed by atoms with Crippen molar-refractivity contribution >= 4 is 12.1 Å². The van der Waals surface area contributed by atoms with Crippen LogP contribution in [0.2, 0.25) is 0 Å². The van der Waals surface area contributed by atoms with E-state index in [-0.39, 0.29) is 12.3 Å². The van der Waals surface area contributed by atoms with E-state index in [4.69, 9.17) is 9.84 Å². The Hall–Kier alpha value is -1.26. The Balaban J connectivity index is 4.02. The van der Waals surface area contributed by atoms with Crippen molar-refractivity contribution in [3.05, 3.63) is 0 Å². The van der Waals surface area contributed by atoms with E-state index in [9.17, 15) is 9.59 Å². The van der Waals surface area contributed by atoms with Crippen molar-refractivity contribution in [3.8, 4) is 0 Å². The molecule has 2 N–H and O–H groups in total. The second-order valence-corrected chi connectivity index (χ2v) is 6.90. The number of carbonyl (C=O) groups is 2. The number of unbranched alkanes of at least 4 members (excludes halogenated alkanes) is 5. The molecule has 0 aliphatic carbocycles. The molecule has 5 heteroatoms. The van der Waals surface area contributed by atoms with Crippen LogP contribution in [0.25, 0.3) is 0 Å². The van der Waals surface area contributed by atoms with E-state index < -0.39 is 17.7 Å². The van der Waals surface area contributed by atoms with Crippen LogP contribution in [0, 0.1) is 5.92 Å². The maximum Gasteiger partial charge on any atom is 0.407 e. The molecule has 1 amide bonds. The Morgan fingerprint density at radius 2 is 1.68 bits per heavy atom. The van der Waals surface area contributed by atoms with Gasteiger partial charge in [0.05, 0.1) is 0 Å². The van der Waals surface area contributed by atoms with Gasteiger partial charge in [0.1, 0.15) is 5.60 Å². The smallest absolute Gasteiger partial charge is 0.407 e. The molecule has 0 radical (unpaired) electrons. The summed E-state index contributed by atoms with van der Waals surface area (Å²) < 4.78 is 5.17. The molecule has 22 heavy (non-hydrogen) atoms. The molecule has 0 saturated carbocycles. The van der Waals surface area contributed by atoms with Gasteiger partial charge >= 0.3 is 12.1 Å². The van der Waals surface area contributed by atoms with Crippen molar-refractivity contribution in [1.82, 2.24) is 5.32 Å². The third kappa shape index (κ3) is 13.7. The summed E-state index contributed by atoms with van der Waals surface area (Å²) in [6.07, 6.45) is 7.51. The third-order valence-corrected chi connectivity index (χ3v) is 3.36. The number of hydrogen-bond acceptors (Lipinski definition) is 3. The van der Waals surface area contributed by atoms with Gasteiger partial charge in [0, 0.05) is 13.0 Å². The summed E-state index contributed by atoms with van der Waals surface area (Å²) in [6.45, 7) is 7.95. The van der Waals surface area contributed by atoms with Crippen LogP contribution in [0.3, 0.4) is 0 Å². The van der Waals surface area contributed by atoms with Gasteiger partial charge in [-0.2, -0.15) is 0 Å². The first-order chi connectivity index (χ1) is 10.2. The molecule has 0 saturated heterocycles. The second kappa shape index (κ2) is 11.3. The van der Waals surface area contributed by atoms with Crippen LogP contribution in [-0.2, 0) is 9.53 Å². The molecule has 0 heterocycles. The molecule has 0 spiro atoms. The highest BCUT2D eigenvalue weighted by Gasteiger charge is 2.18. The number of nitrogens with one attached hydrogen (secondary N) is 1. The van der Waals surface area contributed by atoms with Crippen molar-refractivity contribution < 1.29 is 19.4 Å². The van der Waals surface area contributed by atoms with Gasteiger partial charge in [-0.15, -0.1) is 0 Å². The summed E-state index contributed by atoms with van der Waals surface area (Å²) in [4.78, 5) is 22.5. The average molecular weight is 315 g/mol. The fourth-order valence-corrected chi connectivity index (χ4v) is 2.28. The van der Waals surface area contributed by atoms with Crippen molar-refractivity contribution in [1.29, 1.82) is 0 Å². The summed E-state index contributed by atoms with van der Waals surface area (Å²) in [5.41, 5.74) is -0.536. The third-order valence-electron chi connectivity index (χ3n) is 3.36. The predicted octanol–water partition coefficient (Wildman–Crippen LogP) is 4.35. The van der Waals surface area contributed by atoms with Crippen LogP contribution in [0.5, 0.6) is 0 Å². The number of rotatable bonds is 11. The predicted molar refractivity (Wildman–Crippen MR) is 88.0 cm³/mol. The van der Waals surface area contributed by atoms with Crippen LogP contribution in [0.15, 0.2) is 0 Å². The molecule has 5 nitrogen and oxygen atoms in total. The van der Waals surface area contributed by atoms with E-state index in [2.05, 4.69) is 12.2 Å². The van der Waals surface area contributed by atoms with E-state index in [1.807, 2.05) is 0 Å². The number of aliphatic carboxylic acids is 1. The molecule has 0 aliphatic heterocycles. The zero-order chi connectivity index (χ0) is 17.0. The number of carboxylic acid groups (broad SMARTS) is 1. The lowest BCUT2D eigenvalue weighted by Crippen LogP contribution is -2.35. The molecule has 0 fully saturated rings. The number of ether oxygens (including phenoxy) is 1. The van der Waals surface area contributed by atoms with Crippen LogP contribution in [0.4, 0.5) is 4.79 Å². The SMILES string of the molecule is CCCCCCCCC(CNC(=O)OC(C)(C)C)CC(=O)O. The largest absolute Gasteiger partial charge is 0.481 e. The quantitative estimate of drug-likeness (QED) is 0.556. The van der Waals surface area contributed by atoms with Crippen molar-refractivity contribution in [3.63, 3.8) is 0 Å². The number of carboxylic acids is 1. The first-order valence-corrected chi connectivity index (χ1v) is 8.43. The molecule has 0 aromatic rings. The van der Waals surface area contributed by atoms with Gasteiger partial charge in [-0.05, 0) is 33.1 Å². The number of carbonyl (C=O) groups excluding carboxylic acids is 1. The topological polar surface area (TPSA) is 75.6 Å². The van der Waals surface area contributed by atoms with Gasteiger partial charge in [0.25, 0.3) is 0 Å². The molecule has 1 atom stereocenters.